The second-order valence-corrected chi connectivity index (χ2v) is 5.85. The maximum Gasteiger partial charge on any atom is 0.290 e. The number of pyridine rings is 1. The molecule has 20 heavy (non-hydrogen) atoms. The first-order chi connectivity index (χ1) is 9.29. The standard InChI is InChI=1S/C14H24N4O2/c1-10(2)6-12(9-17(4)5)16-14-7-11(3)13(8-15-14)18(19)20/h7-8,10,12H,6,9H2,1-5H3,(H,15,16). The number of hydrogen-bond acceptors (Lipinski definition) is 5. The second kappa shape index (κ2) is 7.19. The summed E-state index contributed by atoms with van der Waals surface area (Å²) in [5.41, 5.74) is 0.684. The Balaban J connectivity index is 2.82. The van der Waals surface area contributed by atoms with Gasteiger partial charge in [0.15, 0.2) is 0 Å². The maximum atomic E-state index is 10.8. The van der Waals surface area contributed by atoms with Gasteiger partial charge < -0.3 is 10.2 Å². The Labute approximate surface area is 120 Å². The second-order valence-electron chi connectivity index (χ2n) is 5.85. The normalized spacial score (nSPS) is 12.8. The first-order valence-electron chi connectivity index (χ1n) is 6.82. The number of hydrogen-bond donors (Lipinski definition) is 1. The highest BCUT2D eigenvalue weighted by atomic mass is 16.6. The van der Waals surface area contributed by atoms with Crippen LogP contribution in [0.4, 0.5) is 11.5 Å². The molecule has 1 aromatic rings. The predicted octanol–water partition coefficient (Wildman–Crippen LogP) is 2.69. The third-order valence-corrected chi connectivity index (χ3v) is 2.97. The summed E-state index contributed by atoms with van der Waals surface area (Å²) in [5, 5.41) is 14.2. The molecule has 6 heteroatoms. The zero-order chi connectivity index (χ0) is 15.3. The van der Waals surface area contributed by atoms with E-state index in [0.29, 0.717) is 17.3 Å². The van der Waals surface area contributed by atoms with Gasteiger partial charge >= 0.3 is 0 Å². The fourth-order valence-corrected chi connectivity index (χ4v) is 2.22. The first kappa shape index (κ1) is 16.4. The smallest absolute Gasteiger partial charge is 0.290 e. The molecule has 0 radical (unpaired) electrons. The van der Waals surface area contributed by atoms with E-state index in [0.717, 1.165) is 13.0 Å². The topological polar surface area (TPSA) is 71.3 Å². The molecule has 112 valence electrons. The van der Waals surface area contributed by atoms with Crippen molar-refractivity contribution >= 4 is 11.5 Å². The summed E-state index contributed by atoms with van der Waals surface area (Å²) in [4.78, 5) is 16.6. The fraction of sp³-hybridized carbons (Fsp3) is 0.643. The molecule has 0 bridgehead atoms. The van der Waals surface area contributed by atoms with Crippen LogP contribution in [0.15, 0.2) is 12.3 Å². The molecule has 1 N–H and O–H groups in total. The molecular weight excluding hydrogens is 256 g/mol. The molecule has 0 aromatic carbocycles. The highest BCUT2D eigenvalue weighted by Crippen LogP contribution is 2.20. The number of aromatic nitrogens is 1. The van der Waals surface area contributed by atoms with Crippen LogP contribution in [0, 0.1) is 23.0 Å². The predicted molar refractivity (Wildman–Crippen MR) is 81.0 cm³/mol. The van der Waals surface area contributed by atoms with Crippen molar-refractivity contribution in [2.45, 2.75) is 33.2 Å². The molecular formula is C14H24N4O2. The summed E-state index contributed by atoms with van der Waals surface area (Å²) >= 11 is 0. The number of nitrogens with one attached hydrogen (secondary N) is 1. The van der Waals surface area contributed by atoms with Gasteiger partial charge in [0.2, 0.25) is 0 Å². The van der Waals surface area contributed by atoms with Gasteiger partial charge in [-0.15, -0.1) is 0 Å². The zero-order valence-corrected chi connectivity index (χ0v) is 12.9. The van der Waals surface area contributed by atoms with Gasteiger partial charge in [-0.1, -0.05) is 13.8 Å². The van der Waals surface area contributed by atoms with Crippen LogP contribution in [0.2, 0.25) is 0 Å². The largest absolute Gasteiger partial charge is 0.366 e. The SMILES string of the molecule is Cc1cc(NC(CC(C)C)CN(C)C)ncc1[N+](=O)[O-]. The van der Waals surface area contributed by atoms with Crippen LogP contribution in [-0.2, 0) is 0 Å². The van der Waals surface area contributed by atoms with Crippen molar-refractivity contribution in [2.75, 3.05) is 26.0 Å². The Kier molecular flexibility index (Phi) is 5.88. The van der Waals surface area contributed by atoms with E-state index in [1.165, 1.54) is 6.20 Å². The van der Waals surface area contributed by atoms with E-state index in [2.05, 4.69) is 29.0 Å². The van der Waals surface area contributed by atoms with Gasteiger partial charge in [0.1, 0.15) is 12.0 Å². The Morgan fingerprint density at radius 3 is 2.55 bits per heavy atom. The van der Waals surface area contributed by atoms with Gasteiger partial charge in [0, 0.05) is 18.2 Å². The van der Waals surface area contributed by atoms with Crippen molar-refractivity contribution in [3.8, 4) is 0 Å². The lowest BCUT2D eigenvalue weighted by Gasteiger charge is -2.24. The summed E-state index contributed by atoms with van der Waals surface area (Å²) in [5.74, 6) is 1.27. The Hall–Kier alpha value is -1.69. The Bertz CT molecular complexity index is 450. The minimum absolute atomic E-state index is 0.0589. The van der Waals surface area contributed by atoms with Gasteiger partial charge in [-0.05, 0) is 39.4 Å². The molecule has 1 rings (SSSR count). The molecule has 0 aliphatic carbocycles. The molecule has 1 unspecified atom stereocenters. The van der Waals surface area contributed by atoms with Gasteiger partial charge in [-0.2, -0.15) is 0 Å². The lowest BCUT2D eigenvalue weighted by molar-refractivity contribution is -0.385. The Morgan fingerprint density at radius 1 is 1.45 bits per heavy atom. The van der Waals surface area contributed by atoms with E-state index >= 15 is 0 Å². The molecule has 0 fully saturated rings. The molecule has 6 nitrogen and oxygen atoms in total. The van der Waals surface area contributed by atoms with Crippen molar-refractivity contribution in [1.29, 1.82) is 0 Å². The van der Waals surface area contributed by atoms with Crippen LogP contribution in [0.5, 0.6) is 0 Å². The van der Waals surface area contributed by atoms with Gasteiger partial charge in [-0.25, -0.2) is 4.98 Å². The summed E-state index contributed by atoms with van der Waals surface area (Å²) in [6.45, 7) is 6.99. The van der Waals surface area contributed by atoms with E-state index in [4.69, 9.17) is 0 Å². The summed E-state index contributed by atoms with van der Waals surface area (Å²) < 4.78 is 0. The van der Waals surface area contributed by atoms with Crippen molar-refractivity contribution in [3.05, 3.63) is 27.9 Å². The third-order valence-electron chi connectivity index (χ3n) is 2.97. The highest BCUT2D eigenvalue weighted by Gasteiger charge is 2.15. The van der Waals surface area contributed by atoms with Crippen LogP contribution in [-0.4, -0.2) is 41.5 Å². The summed E-state index contributed by atoms with van der Waals surface area (Å²) in [7, 11) is 4.06. The van der Waals surface area contributed by atoms with Gasteiger partial charge in [-0.3, -0.25) is 10.1 Å². The molecule has 0 saturated heterocycles. The first-order valence-corrected chi connectivity index (χ1v) is 6.82. The molecule has 0 aliphatic heterocycles. The molecule has 0 amide bonds. The lowest BCUT2D eigenvalue weighted by atomic mass is 10.0. The minimum atomic E-state index is -0.405. The fourth-order valence-electron chi connectivity index (χ4n) is 2.22. The van der Waals surface area contributed by atoms with E-state index < -0.39 is 4.92 Å². The van der Waals surface area contributed by atoms with Crippen LogP contribution < -0.4 is 5.32 Å². The summed E-state index contributed by atoms with van der Waals surface area (Å²) in [6, 6.07) is 2.01. The number of aryl methyl sites for hydroxylation is 1. The van der Waals surface area contributed by atoms with E-state index in [9.17, 15) is 10.1 Å². The third kappa shape index (κ3) is 5.13. The van der Waals surface area contributed by atoms with Crippen LogP contribution in [0.25, 0.3) is 0 Å². The lowest BCUT2D eigenvalue weighted by Crippen LogP contribution is -2.33. The maximum absolute atomic E-state index is 10.8. The van der Waals surface area contributed by atoms with Crippen molar-refractivity contribution in [2.24, 2.45) is 5.92 Å². The Morgan fingerprint density at radius 2 is 2.10 bits per heavy atom. The number of nitrogens with zero attached hydrogens (tertiary/aromatic N) is 3. The van der Waals surface area contributed by atoms with E-state index in [1.807, 2.05) is 14.1 Å². The molecule has 0 aliphatic rings. The highest BCUT2D eigenvalue weighted by molar-refractivity contribution is 5.47. The molecule has 0 spiro atoms. The number of nitro groups is 1. The van der Waals surface area contributed by atoms with Crippen molar-refractivity contribution in [3.63, 3.8) is 0 Å². The zero-order valence-electron chi connectivity index (χ0n) is 12.9. The average molecular weight is 280 g/mol. The van der Waals surface area contributed by atoms with Crippen LogP contribution in [0.3, 0.4) is 0 Å². The average Bonchev–Trinajstić information content (AvgIpc) is 2.26. The number of likely N-dealkylation sites (N-methyl/N-ethyl adjacent to an activating group) is 1. The molecule has 1 heterocycles. The van der Waals surface area contributed by atoms with Crippen molar-refractivity contribution < 1.29 is 4.92 Å². The number of rotatable bonds is 7. The van der Waals surface area contributed by atoms with Crippen LogP contribution in [0.1, 0.15) is 25.8 Å². The quantitative estimate of drug-likeness (QED) is 0.614. The van der Waals surface area contributed by atoms with Gasteiger partial charge in [0.25, 0.3) is 5.69 Å². The summed E-state index contributed by atoms with van der Waals surface area (Å²) in [6.07, 6.45) is 2.34. The monoisotopic (exact) mass is 280 g/mol. The molecule has 1 aromatic heterocycles. The van der Waals surface area contributed by atoms with Gasteiger partial charge in [0.05, 0.1) is 4.92 Å². The van der Waals surface area contributed by atoms with E-state index in [1.54, 1.807) is 13.0 Å². The molecule has 1 atom stereocenters. The van der Waals surface area contributed by atoms with Crippen molar-refractivity contribution in [1.82, 2.24) is 9.88 Å². The van der Waals surface area contributed by atoms with Crippen LogP contribution >= 0.6 is 0 Å². The number of anilines is 1. The minimum Gasteiger partial charge on any atom is -0.366 e. The molecule has 0 saturated carbocycles. The van der Waals surface area contributed by atoms with E-state index in [-0.39, 0.29) is 11.7 Å².